The molecule has 1 aromatic rings. The molecule has 0 amide bonds. The molecule has 0 radical (unpaired) electrons. The molecule has 5 N–H and O–H groups in total. The standard InChI is InChI=1S/C12H17NO6/c13-19-11-8(6-14)18-12(10(16)9(11)15)17-7-4-2-1-3-5-7/h1-5,8-12,14-16H,6,13H2/t8-,9-,10-,11+,12-/m1/s1. The van der Waals surface area contributed by atoms with Crippen molar-refractivity contribution < 1.29 is 29.6 Å². The number of ether oxygens (including phenoxy) is 2. The fraction of sp³-hybridized carbons (Fsp3) is 0.500. The van der Waals surface area contributed by atoms with Crippen LogP contribution in [0.5, 0.6) is 5.75 Å². The first-order valence-electron chi connectivity index (χ1n) is 5.87. The summed E-state index contributed by atoms with van der Waals surface area (Å²) in [7, 11) is 0. The summed E-state index contributed by atoms with van der Waals surface area (Å²) in [5.41, 5.74) is 0. The molecular weight excluding hydrogens is 254 g/mol. The van der Waals surface area contributed by atoms with E-state index in [1.54, 1.807) is 24.3 Å². The van der Waals surface area contributed by atoms with Crippen molar-refractivity contribution in [3.8, 4) is 5.75 Å². The number of para-hydroxylation sites is 1. The van der Waals surface area contributed by atoms with E-state index in [1.807, 2.05) is 6.07 Å². The van der Waals surface area contributed by atoms with E-state index < -0.39 is 37.3 Å². The monoisotopic (exact) mass is 271 g/mol. The Morgan fingerprint density at radius 3 is 2.42 bits per heavy atom. The lowest BCUT2D eigenvalue weighted by molar-refractivity contribution is -0.286. The summed E-state index contributed by atoms with van der Waals surface area (Å²) in [6.07, 6.45) is -5.66. The Kier molecular flexibility index (Phi) is 4.70. The highest BCUT2D eigenvalue weighted by atomic mass is 16.7. The molecule has 1 aromatic carbocycles. The third-order valence-electron chi connectivity index (χ3n) is 2.97. The molecule has 0 bridgehead atoms. The lowest BCUT2D eigenvalue weighted by Crippen LogP contribution is -2.61. The van der Waals surface area contributed by atoms with Crippen LogP contribution in [0.1, 0.15) is 0 Å². The zero-order chi connectivity index (χ0) is 13.8. The highest BCUT2D eigenvalue weighted by Crippen LogP contribution is 2.25. The molecule has 19 heavy (non-hydrogen) atoms. The van der Waals surface area contributed by atoms with Gasteiger partial charge < -0.3 is 24.8 Å². The summed E-state index contributed by atoms with van der Waals surface area (Å²) in [5, 5.41) is 28.9. The van der Waals surface area contributed by atoms with Crippen molar-refractivity contribution in [2.45, 2.75) is 30.7 Å². The van der Waals surface area contributed by atoms with Gasteiger partial charge in [-0.05, 0) is 12.1 Å². The number of rotatable bonds is 4. The fourth-order valence-electron chi connectivity index (χ4n) is 1.95. The minimum atomic E-state index is -1.34. The number of nitrogens with two attached hydrogens (primary N) is 1. The van der Waals surface area contributed by atoms with E-state index in [0.717, 1.165) is 0 Å². The average Bonchev–Trinajstić information content (AvgIpc) is 2.45. The van der Waals surface area contributed by atoms with Crippen molar-refractivity contribution in [1.29, 1.82) is 0 Å². The van der Waals surface area contributed by atoms with E-state index in [1.165, 1.54) is 0 Å². The van der Waals surface area contributed by atoms with Gasteiger partial charge in [0.15, 0.2) is 0 Å². The highest BCUT2D eigenvalue weighted by Gasteiger charge is 2.46. The molecule has 7 nitrogen and oxygen atoms in total. The van der Waals surface area contributed by atoms with Gasteiger partial charge in [0.25, 0.3) is 0 Å². The lowest BCUT2D eigenvalue weighted by atomic mass is 9.99. The van der Waals surface area contributed by atoms with Crippen LogP contribution < -0.4 is 10.6 Å². The molecule has 0 spiro atoms. The van der Waals surface area contributed by atoms with Crippen LogP contribution in [0.4, 0.5) is 0 Å². The van der Waals surface area contributed by atoms with E-state index >= 15 is 0 Å². The molecule has 0 aliphatic carbocycles. The predicted molar refractivity (Wildman–Crippen MR) is 63.9 cm³/mol. The fourth-order valence-corrected chi connectivity index (χ4v) is 1.95. The van der Waals surface area contributed by atoms with Crippen LogP contribution in [-0.2, 0) is 9.57 Å². The van der Waals surface area contributed by atoms with E-state index in [0.29, 0.717) is 5.75 Å². The first-order chi connectivity index (χ1) is 9.17. The third-order valence-corrected chi connectivity index (χ3v) is 2.97. The molecule has 1 saturated heterocycles. The van der Waals surface area contributed by atoms with E-state index in [-0.39, 0.29) is 0 Å². The van der Waals surface area contributed by atoms with Crippen molar-refractivity contribution in [2.75, 3.05) is 6.61 Å². The average molecular weight is 271 g/mol. The quantitative estimate of drug-likeness (QED) is 0.506. The number of hydrogen-bond acceptors (Lipinski definition) is 7. The smallest absolute Gasteiger partial charge is 0.229 e. The van der Waals surface area contributed by atoms with Gasteiger partial charge in [-0.15, -0.1) is 0 Å². The molecule has 0 aromatic heterocycles. The van der Waals surface area contributed by atoms with Gasteiger partial charge in [0.2, 0.25) is 6.29 Å². The molecule has 0 saturated carbocycles. The summed E-state index contributed by atoms with van der Waals surface area (Å²) in [6.45, 7) is -0.416. The van der Waals surface area contributed by atoms with Crippen LogP contribution in [-0.4, -0.2) is 52.6 Å². The topological polar surface area (TPSA) is 114 Å². The van der Waals surface area contributed by atoms with Gasteiger partial charge in [-0.3, -0.25) is 4.84 Å². The van der Waals surface area contributed by atoms with Crippen LogP contribution in [0.15, 0.2) is 30.3 Å². The lowest BCUT2D eigenvalue weighted by Gasteiger charge is -2.40. The summed E-state index contributed by atoms with van der Waals surface area (Å²) in [4.78, 5) is 4.53. The predicted octanol–water partition coefficient (Wildman–Crippen LogP) is -1.24. The zero-order valence-electron chi connectivity index (χ0n) is 10.1. The Labute approximate surface area is 110 Å². The first kappa shape index (κ1) is 14.2. The van der Waals surface area contributed by atoms with Crippen molar-refractivity contribution in [2.24, 2.45) is 5.90 Å². The van der Waals surface area contributed by atoms with Gasteiger partial charge in [0.1, 0.15) is 30.2 Å². The summed E-state index contributed by atoms with van der Waals surface area (Å²) < 4.78 is 10.8. The summed E-state index contributed by atoms with van der Waals surface area (Å²) in [6, 6.07) is 8.70. The first-order valence-corrected chi connectivity index (χ1v) is 5.87. The molecule has 7 heteroatoms. The molecule has 2 rings (SSSR count). The SMILES string of the molecule is NO[C@@H]1[C@H](O)[C@@H](O)[C@H](Oc2ccccc2)O[C@@H]1CO. The van der Waals surface area contributed by atoms with Crippen molar-refractivity contribution >= 4 is 0 Å². The van der Waals surface area contributed by atoms with Gasteiger partial charge in [-0.1, -0.05) is 18.2 Å². The molecule has 1 heterocycles. The number of hydrogen-bond donors (Lipinski definition) is 4. The maximum atomic E-state index is 9.90. The second kappa shape index (κ2) is 6.29. The summed E-state index contributed by atoms with van der Waals surface area (Å²) in [5.74, 6) is 5.49. The van der Waals surface area contributed by atoms with Gasteiger partial charge >= 0.3 is 0 Å². The van der Waals surface area contributed by atoms with Gasteiger partial charge in [-0.2, -0.15) is 0 Å². The van der Waals surface area contributed by atoms with Crippen LogP contribution in [0.3, 0.4) is 0 Å². The minimum absolute atomic E-state index is 0.416. The Bertz CT molecular complexity index is 387. The Balaban J connectivity index is 2.09. The van der Waals surface area contributed by atoms with Crippen molar-refractivity contribution in [3.63, 3.8) is 0 Å². The largest absolute Gasteiger partial charge is 0.462 e. The Morgan fingerprint density at radius 2 is 1.84 bits per heavy atom. The molecule has 106 valence electrons. The van der Waals surface area contributed by atoms with Crippen LogP contribution >= 0.6 is 0 Å². The summed E-state index contributed by atoms with van der Waals surface area (Å²) >= 11 is 0. The molecule has 1 fully saturated rings. The van der Waals surface area contributed by atoms with Gasteiger partial charge in [-0.25, -0.2) is 5.90 Å². The Hall–Kier alpha value is -1.22. The molecule has 1 aliphatic heterocycles. The highest BCUT2D eigenvalue weighted by molar-refractivity contribution is 5.21. The van der Waals surface area contributed by atoms with Crippen molar-refractivity contribution in [3.05, 3.63) is 30.3 Å². The number of aliphatic hydroxyl groups is 3. The molecule has 1 aliphatic rings. The van der Waals surface area contributed by atoms with E-state index in [9.17, 15) is 15.3 Å². The van der Waals surface area contributed by atoms with E-state index in [2.05, 4.69) is 4.84 Å². The van der Waals surface area contributed by atoms with Gasteiger partial charge in [0, 0.05) is 0 Å². The second-order valence-electron chi connectivity index (χ2n) is 4.24. The zero-order valence-corrected chi connectivity index (χ0v) is 10.1. The maximum absolute atomic E-state index is 9.90. The molecule has 5 atom stereocenters. The number of aliphatic hydroxyl groups excluding tert-OH is 3. The van der Waals surface area contributed by atoms with Crippen molar-refractivity contribution in [1.82, 2.24) is 0 Å². The van der Waals surface area contributed by atoms with Crippen LogP contribution in [0, 0.1) is 0 Å². The molecule has 0 unspecified atom stereocenters. The minimum Gasteiger partial charge on any atom is -0.462 e. The third kappa shape index (κ3) is 3.03. The maximum Gasteiger partial charge on any atom is 0.229 e. The number of benzene rings is 1. The Morgan fingerprint density at radius 1 is 1.16 bits per heavy atom. The van der Waals surface area contributed by atoms with Gasteiger partial charge in [0.05, 0.1) is 6.61 Å². The molecular formula is C12H17NO6. The van der Waals surface area contributed by atoms with Crippen LogP contribution in [0.2, 0.25) is 0 Å². The second-order valence-corrected chi connectivity index (χ2v) is 4.24. The van der Waals surface area contributed by atoms with E-state index in [4.69, 9.17) is 15.4 Å². The van der Waals surface area contributed by atoms with Crippen LogP contribution in [0.25, 0.3) is 0 Å². The normalized spacial score (nSPS) is 35.1.